The first kappa shape index (κ1) is 17.7. The summed E-state index contributed by atoms with van der Waals surface area (Å²) in [6.45, 7) is 2.35. The van der Waals surface area contributed by atoms with Crippen molar-refractivity contribution in [3.8, 4) is 17.2 Å². The van der Waals surface area contributed by atoms with Crippen molar-refractivity contribution in [2.24, 2.45) is 0 Å². The molecule has 25 heavy (non-hydrogen) atoms. The number of amides is 1. The number of carbonyl (C=O) groups excluding carboxylic acids is 1. The van der Waals surface area contributed by atoms with Gasteiger partial charge in [-0.2, -0.15) is 0 Å². The second-order valence-electron chi connectivity index (χ2n) is 5.72. The van der Waals surface area contributed by atoms with Crippen molar-refractivity contribution in [3.63, 3.8) is 0 Å². The van der Waals surface area contributed by atoms with Gasteiger partial charge in [0.05, 0.1) is 10.0 Å². The maximum Gasteiger partial charge on any atom is 0.263 e. The summed E-state index contributed by atoms with van der Waals surface area (Å²) in [4.78, 5) is 14.1. The van der Waals surface area contributed by atoms with Crippen LogP contribution < -0.4 is 14.2 Å². The molecule has 0 radical (unpaired) electrons. The standard InChI is InChI=1S/C18H17Cl2NO4/c1-11(25-13-4-5-14(19)15(20)8-13)18(22)21(2)9-12-3-6-16-17(7-12)24-10-23-16/h3-8,11H,9-10H2,1-2H3. The molecule has 0 bridgehead atoms. The Hall–Kier alpha value is -2.11. The third-order valence-corrected chi connectivity index (χ3v) is 4.52. The third-order valence-electron chi connectivity index (χ3n) is 3.78. The van der Waals surface area contributed by atoms with Crippen LogP contribution in [0.25, 0.3) is 0 Å². The van der Waals surface area contributed by atoms with Crippen LogP contribution in [0.2, 0.25) is 10.0 Å². The predicted octanol–water partition coefficient (Wildman–Crippen LogP) is 4.15. The van der Waals surface area contributed by atoms with Crippen molar-refractivity contribution in [2.75, 3.05) is 13.8 Å². The fraction of sp³-hybridized carbons (Fsp3) is 0.278. The molecule has 0 aliphatic carbocycles. The quantitative estimate of drug-likeness (QED) is 0.780. The number of hydrogen-bond acceptors (Lipinski definition) is 4. The van der Waals surface area contributed by atoms with Crippen LogP contribution in [0, 0.1) is 0 Å². The van der Waals surface area contributed by atoms with Crippen LogP contribution in [0.5, 0.6) is 17.2 Å². The SMILES string of the molecule is CC(Oc1ccc(Cl)c(Cl)c1)C(=O)N(C)Cc1ccc2c(c1)OCO2. The Morgan fingerprint density at radius 2 is 1.92 bits per heavy atom. The summed E-state index contributed by atoms with van der Waals surface area (Å²) in [5.74, 6) is 1.75. The van der Waals surface area contributed by atoms with Crippen molar-refractivity contribution in [2.45, 2.75) is 19.6 Å². The molecule has 1 aliphatic rings. The summed E-state index contributed by atoms with van der Waals surface area (Å²) < 4.78 is 16.3. The number of rotatable bonds is 5. The van der Waals surface area contributed by atoms with E-state index in [1.165, 1.54) is 0 Å². The third kappa shape index (κ3) is 4.11. The van der Waals surface area contributed by atoms with E-state index >= 15 is 0 Å². The van der Waals surface area contributed by atoms with Gasteiger partial charge in [-0.25, -0.2) is 0 Å². The molecule has 2 aromatic carbocycles. The Labute approximate surface area is 156 Å². The smallest absolute Gasteiger partial charge is 0.263 e. The lowest BCUT2D eigenvalue weighted by Gasteiger charge is -2.22. The van der Waals surface area contributed by atoms with Crippen molar-refractivity contribution in [1.82, 2.24) is 4.90 Å². The van der Waals surface area contributed by atoms with E-state index in [1.54, 1.807) is 37.1 Å². The van der Waals surface area contributed by atoms with Gasteiger partial charge in [0.15, 0.2) is 17.6 Å². The minimum atomic E-state index is -0.656. The molecule has 5 nitrogen and oxygen atoms in total. The number of nitrogens with zero attached hydrogens (tertiary/aromatic N) is 1. The van der Waals surface area contributed by atoms with Gasteiger partial charge in [0, 0.05) is 19.7 Å². The Balaban J connectivity index is 1.62. The maximum atomic E-state index is 12.5. The van der Waals surface area contributed by atoms with Crippen LogP contribution in [0.3, 0.4) is 0 Å². The van der Waals surface area contributed by atoms with Gasteiger partial charge in [-0.1, -0.05) is 29.3 Å². The highest BCUT2D eigenvalue weighted by molar-refractivity contribution is 6.42. The normalized spacial score (nSPS) is 13.4. The van der Waals surface area contributed by atoms with Crippen molar-refractivity contribution in [3.05, 3.63) is 52.0 Å². The highest BCUT2D eigenvalue weighted by Crippen LogP contribution is 2.33. The molecule has 2 aromatic rings. The average molecular weight is 382 g/mol. The Morgan fingerprint density at radius 3 is 2.68 bits per heavy atom. The fourth-order valence-corrected chi connectivity index (χ4v) is 2.79. The summed E-state index contributed by atoms with van der Waals surface area (Å²) >= 11 is 11.8. The number of benzene rings is 2. The zero-order valence-electron chi connectivity index (χ0n) is 13.8. The number of ether oxygens (including phenoxy) is 3. The molecule has 0 spiro atoms. The first-order valence-corrected chi connectivity index (χ1v) is 8.45. The lowest BCUT2D eigenvalue weighted by molar-refractivity contribution is -0.137. The molecule has 1 heterocycles. The van der Waals surface area contributed by atoms with Crippen LogP contribution in [0.15, 0.2) is 36.4 Å². The Kier molecular flexibility index (Phi) is 5.25. The molecule has 3 rings (SSSR count). The van der Waals surface area contributed by atoms with Gasteiger partial charge in [0.25, 0.3) is 5.91 Å². The highest BCUT2D eigenvalue weighted by Gasteiger charge is 2.21. The second-order valence-corrected chi connectivity index (χ2v) is 6.53. The molecule has 1 atom stereocenters. The van der Waals surface area contributed by atoms with Crippen molar-refractivity contribution in [1.29, 1.82) is 0 Å². The zero-order chi connectivity index (χ0) is 18.0. The molecule has 132 valence electrons. The highest BCUT2D eigenvalue weighted by atomic mass is 35.5. The number of halogens is 2. The molecule has 1 unspecified atom stereocenters. The van der Waals surface area contributed by atoms with E-state index in [1.807, 2.05) is 18.2 Å². The van der Waals surface area contributed by atoms with E-state index in [9.17, 15) is 4.79 Å². The molecule has 7 heteroatoms. The minimum absolute atomic E-state index is 0.149. The average Bonchev–Trinajstić information content (AvgIpc) is 3.05. The number of likely N-dealkylation sites (N-methyl/N-ethyl adjacent to an activating group) is 1. The predicted molar refractivity (Wildman–Crippen MR) is 95.6 cm³/mol. The van der Waals surface area contributed by atoms with Gasteiger partial charge in [-0.15, -0.1) is 0 Å². The number of carbonyl (C=O) groups is 1. The molecule has 1 amide bonds. The molecule has 0 saturated heterocycles. The summed E-state index contributed by atoms with van der Waals surface area (Å²) in [6.07, 6.45) is -0.656. The van der Waals surface area contributed by atoms with E-state index in [0.717, 1.165) is 5.56 Å². The van der Waals surface area contributed by atoms with Gasteiger partial charge < -0.3 is 19.1 Å². The minimum Gasteiger partial charge on any atom is -0.481 e. The van der Waals surface area contributed by atoms with Gasteiger partial charge in [-0.3, -0.25) is 4.79 Å². The monoisotopic (exact) mass is 381 g/mol. The number of hydrogen-bond donors (Lipinski definition) is 0. The summed E-state index contributed by atoms with van der Waals surface area (Å²) in [7, 11) is 1.72. The van der Waals surface area contributed by atoms with Gasteiger partial charge >= 0.3 is 0 Å². The van der Waals surface area contributed by atoms with Gasteiger partial charge in [0.1, 0.15) is 5.75 Å². The van der Waals surface area contributed by atoms with Crippen LogP contribution in [-0.2, 0) is 11.3 Å². The maximum absolute atomic E-state index is 12.5. The largest absolute Gasteiger partial charge is 0.481 e. The first-order chi connectivity index (χ1) is 11.9. The van der Waals surface area contributed by atoms with Crippen molar-refractivity contribution < 1.29 is 19.0 Å². The summed E-state index contributed by atoms with van der Waals surface area (Å²) in [5, 5.41) is 0.820. The molecule has 0 fully saturated rings. The summed E-state index contributed by atoms with van der Waals surface area (Å²) in [5.41, 5.74) is 0.946. The van der Waals surface area contributed by atoms with Crippen LogP contribution in [0.1, 0.15) is 12.5 Å². The van der Waals surface area contributed by atoms with E-state index in [4.69, 9.17) is 37.4 Å². The topological polar surface area (TPSA) is 48.0 Å². The Morgan fingerprint density at radius 1 is 1.16 bits per heavy atom. The molecular formula is C18H17Cl2NO4. The zero-order valence-corrected chi connectivity index (χ0v) is 15.3. The summed E-state index contributed by atoms with van der Waals surface area (Å²) in [6, 6.07) is 10.5. The van der Waals surface area contributed by atoms with Crippen LogP contribution >= 0.6 is 23.2 Å². The Bertz CT molecular complexity index is 797. The molecule has 0 saturated carbocycles. The van der Waals surface area contributed by atoms with E-state index in [0.29, 0.717) is 33.8 Å². The second kappa shape index (κ2) is 7.42. The lowest BCUT2D eigenvalue weighted by Crippen LogP contribution is -2.37. The molecular weight excluding hydrogens is 365 g/mol. The number of fused-ring (bicyclic) bond motifs is 1. The molecule has 1 aliphatic heterocycles. The van der Waals surface area contributed by atoms with E-state index in [-0.39, 0.29) is 12.7 Å². The van der Waals surface area contributed by atoms with Crippen molar-refractivity contribution >= 4 is 29.1 Å². The van der Waals surface area contributed by atoms with Crippen LogP contribution in [0.4, 0.5) is 0 Å². The first-order valence-electron chi connectivity index (χ1n) is 7.69. The van der Waals surface area contributed by atoms with Gasteiger partial charge in [0.2, 0.25) is 6.79 Å². The van der Waals surface area contributed by atoms with E-state index < -0.39 is 6.10 Å². The van der Waals surface area contributed by atoms with Gasteiger partial charge in [-0.05, 0) is 36.8 Å². The van der Waals surface area contributed by atoms with Crippen LogP contribution in [-0.4, -0.2) is 30.8 Å². The lowest BCUT2D eigenvalue weighted by atomic mass is 10.2. The molecule has 0 N–H and O–H groups in total. The fourth-order valence-electron chi connectivity index (χ4n) is 2.51. The van der Waals surface area contributed by atoms with E-state index in [2.05, 4.69) is 0 Å². The molecule has 0 aromatic heterocycles.